The number of hydrogen-bond acceptors (Lipinski definition) is 5. The van der Waals surface area contributed by atoms with E-state index in [-0.39, 0.29) is 28.6 Å². The molecule has 1 fully saturated rings. The lowest BCUT2D eigenvalue weighted by Crippen LogP contribution is -2.53. The predicted octanol–water partition coefficient (Wildman–Crippen LogP) is 2.76. The Hall–Kier alpha value is -2.94. The third-order valence-corrected chi connectivity index (χ3v) is 6.51. The second kappa shape index (κ2) is 6.59. The van der Waals surface area contributed by atoms with Crippen LogP contribution in [0.3, 0.4) is 0 Å². The van der Waals surface area contributed by atoms with Crippen LogP contribution in [0.4, 0.5) is 0 Å². The number of rotatable bonds is 1. The van der Waals surface area contributed by atoms with Gasteiger partial charge in [-0.2, -0.15) is 10.5 Å². The summed E-state index contributed by atoms with van der Waals surface area (Å²) in [5.41, 5.74) is 4.41. The summed E-state index contributed by atoms with van der Waals surface area (Å²) in [5, 5.41) is 18.9. The van der Waals surface area contributed by atoms with E-state index in [2.05, 4.69) is 11.8 Å². The molecule has 0 amide bonds. The molecule has 0 aliphatic heterocycles. The third-order valence-electron chi connectivity index (χ3n) is 6.51. The highest BCUT2D eigenvalue weighted by Crippen LogP contribution is 2.63. The number of carbonyl (C=O) groups excluding carboxylic acids is 2. The van der Waals surface area contributed by atoms with Gasteiger partial charge in [-0.05, 0) is 36.5 Å². The van der Waals surface area contributed by atoms with E-state index in [1.165, 1.54) is 6.08 Å². The average molecular weight is 373 g/mol. The second-order valence-electron chi connectivity index (χ2n) is 8.50. The van der Waals surface area contributed by atoms with Crippen molar-refractivity contribution in [3.8, 4) is 24.0 Å². The molecule has 3 aliphatic carbocycles. The van der Waals surface area contributed by atoms with E-state index < -0.39 is 16.2 Å². The van der Waals surface area contributed by atoms with Crippen molar-refractivity contribution in [2.45, 2.75) is 40.0 Å². The molecule has 0 radical (unpaired) electrons. The van der Waals surface area contributed by atoms with Crippen LogP contribution in [0.2, 0.25) is 0 Å². The highest BCUT2D eigenvalue weighted by Gasteiger charge is 2.59. The molecule has 0 aromatic heterocycles. The molecule has 0 saturated heterocycles. The molecule has 5 heteroatoms. The van der Waals surface area contributed by atoms with Crippen LogP contribution in [0, 0.1) is 56.7 Å². The van der Waals surface area contributed by atoms with Gasteiger partial charge >= 0.3 is 0 Å². The first-order valence-corrected chi connectivity index (χ1v) is 9.44. The SMILES string of the molecule is CC1(C)C(=O)C(C#N)=C[C@]2(C)C3=CC(=O)C(C#N)=C[C@]3(C#CCCN)CC[C@@H]12. The molecule has 0 aromatic carbocycles. The van der Waals surface area contributed by atoms with Crippen molar-refractivity contribution in [2.24, 2.45) is 27.9 Å². The lowest BCUT2D eigenvalue weighted by molar-refractivity contribution is -0.130. The van der Waals surface area contributed by atoms with Crippen LogP contribution in [-0.4, -0.2) is 18.1 Å². The number of fused-ring (bicyclic) bond motifs is 3. The molecule has 0 aromatic rings. The van der Waals surface area contributed by atoms with Gasteiger partial charge in [0, 0.05) is 23.8 Å². The molecule has 2 N–H and O–H groups in total. The molecule has 0 spiro atoms. The quantitative estimate of drug-likeness (QED) is 0.711. The Morgan fingerprint density at radius 3 is 2.43 bits per heavy atom. The molecule has 1 saturated carbocycles. The molecule has 0 unspecified atom stereocenters. The van der Waals surface area contributed by atoms with Crippen LogP contribution in [0.5, 0.6) is 0 Å². The first-order valence-electron chi connectivity index (χ1n) is 9.44. The van der Waals surface area contributed by atoms with Gasteiger partial charge in [-0.3, -0.25) is 9.59 Å². The Bertz CT molecular complexity index is 1000. The Morgan fingerprint density at radius 1 is 1.14 bits per heavy atom. The van der Waals surface area contributed by atoms with Crippen molar-refractivity contribution in [1.82, 2.24) is 0 Å². The fourth-order valence-corrected chi connectivity index (χ4v) is 5.22. The average Bonchev–Trinajstić information content (AvgIpc) is 2.65. The molecule has 5 nitrogen and oxygen atoms in total. The zero-order chi connectivity index (χ0) is 20.7. The van der Waals surface area contributed by atoms with E-state index >= 15 is 0 Å². The Morgan fingerprint density at radius 2 is 1.82 bits per heavy atom. The summed E-state index contributed by atoms with van der Waals surface area (Å²) in [4.78, 5) is 25.4. The predicted molar refractivity (Wildman–Crippen MR) is 104 cm³/mol. The lowest BCUT2D eigenvalue weighted by atomic mass is 9.45. The third kappa shape index (κ3) is 2.65. The van der Waals surface area contributed by atoms with Crippen molar-refractivity contribution in [1.29, 1.82) is 10.5 Å². The maximum absolute atomic E-state index is 12.8. The van der Waals surface area contributed by atoms with Crippen LogP contribution in [0.15, 0.2) is 34.9 Å². The van der Waals surface area contributed by atoms with Gasteiger partial charge in [-0.25, -0.2) is 0 Å². The van der Waals surface area contributed by atoms with Gasteiger partial charge in [-0.15, -0.1) is 5.92 Å². The molecular formula is C23H23N3O2. The minimum Gasteiger partial charge on any atom is -0.330 e. The van der Waals surface area contributed by atoms with E-state index in [1.54, 1.807) is 12.2 Å². The van der Waals surface area contributed by atoms with E-state index in [0.29, 0.717) is 25.8 Å². The van der Waals surface area contributed by atoms with Gasteiger partial charge in [0.05, 0.1) is 16.6 Å². The highest BCUT2D eigenvalue weighted by atomic mass is 16.1. The number of allylic oxidation sites excluding steroid dienone is 6. The molecule has 142 valence electrons. The van der Waals surface area contributed by atoms with Crippen molar-refractivity contribution in [3.05, 3.63) is 34.9 Å². The van der Waals surface area contributed by atoms with E-state index in [1.807, 2.05) is 32.9 Å². The second-order valence-corrected chi connectivity index (χ2v) is 8.50. The molecule has 3 atom stereocenters. The normalized spacial score (nSPS) is 32.9. The summed E-state index contributed by atoms with van der Waals surface area (Å²) in [6, 6.07) is 4.02. The monoisotopic (exact) mass is 373 g/mol. The van der Waals surface area contributed by atoms with Crippen LogP contribution < -0.4 is 5.73 Å². The summed E-state index contributed by atoms with van der Waals surface area (Å²) < 4.78 is 0. The summed E-state index contributed by atoms with van der Waals surface area (Å²) in [5.74, 6) is 5.79. The topological polar surface area (TPSA) is 108 Å². The van der Waals surface area contributed by atoms with Gasteiger partial charge in [-0.1, -0.05) is 32.8 Å². The van der Waals surface area contributed by atoms with E-state index in [9.17, 15) is 20.1 Å². The first-order chi connectivity index (χ1) is 13.2. The number of ketones is 2. The maximum Gasteiger partial charge on any atom is 0.196 e. The number of hydrogen-bond donors (Lipinski definition) is 1. The minimum atomic E-state index is -0.757. The molecule has 28 heavy (non-hydrogen) atoms. The van der Waals surface area contributed by atoms with Gasteiger partial charge in [0.1, 0.15) is 12.1 Å². The first kappa shape index (κ1) is 19.8. The van der Waals surface area contributed by atoms with Gasteiger partial charge in [0.15, 0.2) is 11.6 Å². The van der Waals surface area contributed by atoms with Crippen molar-refractivity contribution >= 4 is 11.6 Å². The van der Waals surface area contributed by atoms with Crippen LogP contribution in [0.25, 0.3) is 0 Å². The molecule has 0 heterocycles. The number of nitrogens with zero attached hydrogens (tertiary/aromatic N) is 2. The van der Waals surface area contributed by atoms with Gasteiger partial charge in [0.2, 0.25) is 0 Å². The van der Waals surface area contributed by atoms with Crippen LogP contribution in [-0.2, 0) is 9.59 Å². The largest absolute Gasteiger partial charge is 0.330 e. The van der Waals surface area contributed by atoms with Crippen molar-refractivity contribution in [3.63, 3.8) is 0 Å². The van der Waals surface area contributed by atoms with E-state index in [0.717, 1.165) is 5.57 Å². The van der Waals surface area contributed by atoms with Crippen LogP contribution in [0.1, 0.15) is 40.0 Å². The number of nitrogens with two attached hydrogens (primary N) is 1. The maximum atomic E-state index is 12.8. The zero-order valence-corrected chi connectivity index (χ0v) is 16.4. The van der Waals surface area contributed by atoms with Crippen LogP contribution >= 0.6 is 0 Å². The summed E-state index contributed by atoms with van der Waals surface area (Å²) in [6.07, 6.45) is 6.73. The number of Topliss-reactive ketones (excluding diaryl/α,β-unsaturated/α-hetero) is 1. The summed E-state index contributed by atoms with van der Waals surface area (Å²) in [7, 11) is 0. The fourth-order valence-electron chi connectivity index (χ4n) is 5.22. The standard InChI is InChI=1S/C23H23N3O2/c1-21(2)18-6-8-23(7-4-5-9-24)12-15(13-25)17(27)10-19(23)22(18,3)11-16(14-26)20(21)28/h10-12,18H,5-6,8-9,24H2,1-3H3/t18-,22-,23-/m0/s1. The molecule has 0 bridgehead atoms. The fraction of sp³-hybridized carbons (Fsp3) is 0.478. The smallest absolute Gasteiger partial charge is 0.196 e. The summed E-state index contributed by atoms with van der Waals surface area (Å²) >= 11 is 0. The van der Waals surface area contributed by atoms with Gasteiger partial charge < -0.3 is 5.73 Å². The zero-order valence-electron chi connectivity index (χ0n) is 16.4. The highest BCUT2D eigenvalue weighted by molar-refractivity contribution is 6.09. The molecular weight excluding hydrogens is 350 g/mol. The van der Waals surface area contributed by atoms with Crippen molar-refractivity contribution < 1.29 is 9.59 Å². The molecule has 3 aliphatic rings. The number of carbonyl (C=O) groups is 2. The Balaban J connectivity index is 2.28. The number of nitriles is 2. The van der Waals surface area contributed by atoms with Gasteiger partial charge in [0.25, 0.3) is 0 Å². The minimum absolute atomic E-state index is 0.0647. The molecule has 3 rings (SSSR count). The lowest BCUT2D eigenvalue weighted by Gasteiger charge is -2.56. The van der Waals surface area contributed by atoms with Crippen molar-refractivity contribution in [2.75, 3.05) is 6.54 Å². The van der Waals surface area contributed by atoms with E-state index in [4.69, 9.17) is 5.73 Å². The Kier molecular flexibility index (Phi) is 4.66. The Labute approximate surface area is 165 Å². The summed E-state index contributed by atoms with van der Waals surface area (Å²) in [6.45, 7) is 6.15.